The summed E-state index contributed by atoms with van der Waals surface area (Å²) in [7, 11) is 0. The molecule has 0 radical (unpaired) electrons. The van der Waals surface area contributed by atoms with E-state index in [2.05, 4.69) is 31.9 Å². The van der Waals surface area contributed by atoms with Crippen LogP contribution < -0.4 is 114 Å². The first-order valence-corrected chi connectivity index (χ1v) is 11.0. The molecule has 17 heteroatoms. The molecule has 184 valence electrons. The maximum atomic E-state index is 6.38. The fraction of sp³-hybridized carbons (Fsp3) is 0.333. The fourth-order valence-electron chi connectivity index (χ4n) is 5.41. The number of halogens is 2. The molecule has 6 heterocycles. The molecular formula is C18H24B2Br2K2O11. The SMILES string of the molecule is Brc1cccc([B-]23OC4C5O[B-]6(c7cccc(Br)c7)OC4C(O2)C(O6)C5O3)c1.O.O.O.O.O.[K+].[K+]. The van der Waals surface area contributed by atoms with Gasteiger partial charge in [0.1, 0.15) is 0 Å². The van der Waals surface area contributed by atoms with E-state index in [1.54, 1.807) is 0 Å². The first-order chi connectivity index (χ1) is 13.6. The van der Waals surface area contributed by atoms with Crippen LogP contribution in [0.15, 0.2) is 57.5 Å². The minimum Gasteiger partial charge on any atom is -0.534 e. The summed E-state index contributed by atoms with van der Waals surface area (Å²) in [5, 5.41) is 0. The van der Waals surface area contributed by atoms with Gasteiger partial charge in [-0.25, -0.2) is 0 Å². The molecule has 2 aromatic carbocycles. The van der Waals surface area contributed by atoms with Crippen LogP contribution in [0.3, 0.4) is 0 Å². The second-order valence-electron chi connectivity index (χ2n) is 8.00. The molecule has 0 aromatic heterocycles. The second-order valence-corrected chi connectivity index (χ2v) is 9.83. The number of hydrogen-bond acceptors (Lipinski definition) is 6. The zero-order valence-corrected chi connectivity index (χ0v) is 28.4. The average molecular weight is 676 g/mol. The summed E-state index contributed by atoms with van der Waals surface area (Å²) in [5.74, 6) is 0. The maximum Gasteiger partial charge on any atom is 1.00 e. The van der Waals surface area contributed by atoms with Crippen LogP contribution >= 0.6 is 31.9 Å². The van der Waals surface area contributed by atoms with E-state index in [1.807, 2.05) is 48.5 Å². The van der Waals surface area contributed by atoms with Gasteiger partial charge in [0.05, 0.1) is 36.6 Å². The molecule has 0 amide bonds. The Morgan fingerprint density at radius 1 is 0.486 bits per heavy atom. The summed E-state index contributed by atoms with van der Waals surface area (Å²) < 4.78 is 40.2. The molecule has 6 saturated heterocycles. The summed E-state index contributed by atoms with van der Waals surface area (Å²) in [4.78, 5) is 0. The summed E-state index contributed by atoms with van der Waals surface area (Å²) in [6.45, 7) is -4.09. The van der Waals surface area contributed by atoms with Crippen LogP contribution in [0, 0.1) is 0 Å². The van der Waals surface area contributed by atoms with E-state index in [-0.39, 0.29) is 167 Å². The van der Waals surface area contributed by atoms with Crippen molar-refractivity contribution in [1.82, 2.24) is 0 Å². The summed E-state index contributed by atoms with van der Waals surface area (Å²) in [6, 6.07) is 15.7. The van der Waals surface area contributed by atoms with Gasteiger partial charge in [-0.05, 0) is 12.1 Å². The molecule has 1 saturated carbocycles. The first-order valence-electron chi connectivity index (χ1n) is 9.43. The van der Waals surface area contributed by atoms with E-state index in [1.165, 1.54) is 0 Å². The normalized spacial score (nSPS) is 37.7. The molecule has 1 aliphatic carbocycles. The molecule has 10 N–H and O–H groups in total. The Kier molecular flexibility index (Phi) is 14.3. The molecule has 0 unspecified atom stereocenters. The van der Waals surface area contributed by atoms with Gasteiger partial charge < -0.3 is 55.3 Å². The van der Waals surface area contributed by atoms with Gasteiger partial charge in [-0.2, -0.15) is 0 Å². The minimum absolute atomic E-state index is 0. The van der Waals surface area contributed by atoms with Gasteiger partial charge in [0.25, 0.3) is 0 Å². The molecule has 7 aliphatic rings. The van der Waals surface area contributed by atoms with E-state index in [9.17, 15) is 0 Å². The van der Waals surface area contributed by atoms with E-state index >= 15 is 0 Å². The van der Waals surface area contributed by atoms with Gasteiger partial charge in [-0.15, -0.1) is 10.9 Å². The average Bonchev–Trinajstić information content (AvgIpc) is 2.71. The van der Waals surface area contributed by atoms with Gasteiger partial charge in [0, 0.05) is 8.95 Å². The van der Waals surface area contributed by atoms with Crippen molar-refractivity contribution in [1.29, 1.82) is 0 Å². The predicted octanol–water partition coefficient (Wildman–Crippen LogP) is -8.53. The molecule has 8 bridgehead atoms. The largest absolute Gasteiger partial charge is 1.00 e. The third-order valence-electron chi connectivity index (χ3n) is 6.47. The Hall–Kier alpha value is 2.36. The number of benzene rings is 2. The van der Waals surface area contributed by atoms with Crippen LogP contribution in [-0.4, -0.2) is 77.5 Å². The van der Waals surface area contributed by atoms with E-state index < -0.39 is 13.5 Å². The monoisotopic (exact) mass is 674 g/mol. The molecule has 35 heavy (non-hydrogen) atoms. The van der Waals surface area contributed by atoms with Gasteiger partial charge >= 0.3 is 116 Å². The molecule has 2 aromatic rings. The topological polar surface area (TPSA) is 213 Å². The Balaban J connectivity index is 0.00000165. The van der Waals surface area contributed by atoms with Crippen LogP contribution in [0.5, 0.6) is 0 Å². The third kappa shape index (κ3) is 5.50. The van der Waals surface area contributed by atoms with Crippen molar-refractivity contribution in [3.05, 3.63) is 57.5 Å². The van der Waals surface area contributed by atoms with Crippen LogP contribution in [0.25, 0.3) is 0 Å². The van der Waals surface area contributed by atoms with Gasteiger partial charge in [0.15, 0.2) is 0 Å². The van der Waals surface area contributed by atoms with Crippen molar-refractivity contribution in [2.45, 2.75) is 36.6 Å². The molecule has 11 nitrogen and oxygen atoms in total. The Labute approximate surface area is 303 Å². The zero-order chi connectivity index (χ0) is 18.7. The Morgan fingerprint density at radius 3 is 0.971 bits per heavy atom. The van der Waals surface area contributed by atoms with E-state index in [0.29, 0.717) is 0 Å². The predicted molar refractivity (Wildman–Crippen MR) is 126 cm³/mol. The minimum atomic E-state index is -2.04. The quantitative estimate of drug-likeness (QED) is 0.282. The van der Waals surface area contributed by atoms with Gasteiger partial charge in [-0.3, -0.25) is 0 Å². The standard InChI is InChI=1S/C18H14B2Br2O6.2K.5H2O/c21-11-5-1-3-9(7-11)19-23-13-16-14(24-19)18-15(25-19)17(13)27-20(26-16,28-18)10-4-2-6-12(22)8-10;;;;;;;/h1-8,13-18H;;;5*1H2/q-2;2*+1;;;;;. The molecule has 7 fully saturated rings. The smallest absolute Gasteiger partial charge is 0.534 e. The van der Waals surface area contributed by atoms with Crippen LogP contribution in [0.1, 0.15) is 0 Å². The maximum absolute atomic E-state index is 6.38. The summed E-state index contributed by atoms with van der Waals surface area (Å²) in [6.07, 6.45) is -1.42. The van der Waals surface area contributed by atoms with Crippen LogP contribution in [0.4, 0.5) is 0 Å². The van der Waals surface area contributed by atoms with Gasteiger partial charge in [-0.1, -0.05) is 68.3 Å². The van der Waals surface area contributed by atoms with Crippen molar-refractivity contribution < 1.29 is 158 Å². The van der Waals surface area contributed by atoms with Gasteiger partial charge in [0.2, 0.25) is 0 Å². The molecule has 0 atom stereocenters. The zero-order valence-electron chi connectivity index (χ0n) is 18.9. The van der Waals surface area contributed by atoms with Crippen molar-refractivity contribution in [3.8, 4) is 0 Å². The summed E-state index contributed by atoms with van der Waals surface area (Å²) in [5.41, 5.74) is 1.74. The molecule has 0 spiro atoms. The Bertz CT molecular complexity index is 883. The number of hydrogen-bond donors (Lipinski definition) is 0. The van der Waals surface area contributed by atoms with Crippen LogP contribution in [-0.2, 0) is 27.9 Å². The summed E-state index contributed by atoms with van der Waals surface area (Å²) >= 11 is 7.03. The fourth-order valence-corrected chi connectivity index (χ4v) is 6.24. The Morgan fingerprint density at radius 2 is 0.743 bits per heavy atom. The van der Waals surface area contributed by atoms with Crippen molar-refractivity contribution in [3.63, 3.8) is 0 Å². The van der Waals surface area contributed by atoms with Crippen LogP contribution in [0.2, 0.25) is 0 Å². The third-order valence-corrected chi connectivity index (χ3v) is 7.46. The number of rotatable bonds is 2. The molecule has 9 rings (SSSR count). The van der Waals surface area contributed by atoms with Crippen molar-refractivity contribution >= 4 is 56.3 Å². The van der Waals surface area contributed by atoms with Crippen molar-refractivity contribution in [2.75, 3.05) is 0 Å². The van der Waals surface area contributed by atoms with E-state index in [4.69, 9.17) is 27.9 Å². The molecule has 6 aliphatic heterocycles. The van der Waals surface area contributed by atoms with Crippen molar-refractivity contribution in [2.24, 2.45) is 0 Å². The second kappa shape index (κ2) is 13.3. The first kappa shape index (κ1) is 37.4. The van der Waals surface area contributed by atoms with E-state index in [0.717, 1.165) is 19.9 Å². The molecular weight excluding hydrogens is 652 g/mol.